The summed E-state index contributed by atoms with van der Waals surface area (Å²) in [5.74, 6) is 0. The Morgan fingerprint density at radius 2 is 1.53 bits per heavy atom. The lowest BCUT2D eigenvalue weighted by Crippen LogP contribution is -2.09. The first-order valence-corrected chi connectivity index (χ1v) is 7.20. The molecule has 100 valence electrons. The molecule has 0 amide bonds. The van der Waals surface area contributed by atoms with E-state index in [4.69, 9.17) is 0 Å². The highest BCUT2D eigenvalue weighted by Crippen LogP contribution is 2.09. The molecule has 0 aliphatic rings. The van der Waals surface area contributed by atoms with Gasteiger partial charge in [0.05, 0.1) is 5.71 Å². The molecule has 0 radical (unpaired) electrons. The van der Waals surface area contributed by atoms with E-state index < -0.39 is 0 Å². The Kier molecular flexibility index (Phi) is 12.7. The van der Waals surface area contributed by atoms with Crippen molar-refractivity contribution in [1.82, 2.24) is 5.43 Å². The molecule has 0 aromatic heterocycles. The van der Waals surface area contributed by atoms with Gasteiger partial charge < -0.3 is 5.43 Å². The Morgan fingerprint density at radius 1 is 1.00 bits per heavy atom. The van der Waals surface area contributed by atoms with Crippen LogP contribution in [0.2, 0.25) is 0 Å². The summed E-state index contributed by atoms with van der Waals surface area (Å²) in [6.07, 6.45) is 14.1. The Morgan fingerprint density at radius 3 is 2.06 bits per heavy atom. The largest absolute Gasteiger partial charge is 0.310 e. The number of nitrogens with zero attached hydrogens (tertiary/aromatic N) is 1. The number of rotatable bonds is 12. The van der Waals surface area contributed by atoms with Gasteiger partial charge in [-0.3, -0.25) is 0 Å². The van der Waals surface area contributed by atoms with Crippen LogP contribution in [0, 0.1) is 0 Å². The average molecular weight is 238 g/mol. The van der Waals surface area contributed by atoms with Crippen LogP contribution in [0.4, 0.5) is 0 Å². The molecule has 0 fully saturated rings. The molecule has 0 aromatic rings. The van der Waals surface area contributed by atoms with Crippen LogP contribution in [0.25, 0.3) is 0 Å². The summed E-state index contributed by atoms with van der Waals surface area (Å²) in [7, 11) is 0. The van der Waals surface area contributed by atoms with Crippen LogP contribution in [0.15, 0.2) is 17.8 Å². The third kappa shape index (κ3) is 13.1. The van der Waals surface area contributed by atoms with E-state index in [1.54, 1.807) is 6.08 Å². The minimum atomic E-state index is 0.959. The smallest absolute Gasteiger partial charge is 0.0566 e. The van der Waals surface area contributed by atoms with E-state index in [0.717, 1.165) is 12.3 Å². The van der Waals surface area contributed by atoms with Crippen LogP contribution < -0.4 is 5.43 Å². The Balaban J connectivity index is 3.06. The monoisotopic (exact) mass is 238 g/mol. The van der Waals surface area contributed by atoms with E-state index in [1.807, 2.05) is 6.92 Å². The molecule has 0 heterocycles. The third-order valence-electron chi connectivity index (χ3n) is 2.94. The first-order chi connectivity index (χ1) is 8.31. The average Bonchev–Trinajstić information content (AvgIpc) is 2.35. The number of allylic oxidation sites excluding steroid dienone is 1. The van der Waals surface area contributed by atoms with E-state index in [2.05, 4.69) is 24.0 Å². The fraction of sp³-hybridized carbons (Fsp3) is 0.800. The van der Waals surface area contributed by atoms with Crippen molar-refractivity contribution >= 4 is 5.71 Å². The minimum absolute atomic E-state index is 0.959. The second kappa shape index (κ2) is 13.3. The number of nitrogens with one attached hydrogen (secondary N) is 1. The summed E-state index contributed by atoms with van der Waals surface area (Å²) in [5.41, 5.74) is 4.03. The highest BCUT2D eigenvalue weighted by molar-refractivity contribution is 5.91. The van der Waals surface area contributed by atoms with Gasteiger partial charge in [-0.15, -0.1) is 0 Å². The second-order valence-electron chi connectivity index (χ2n) is 4.69. The molecule has 0 spiro atoms. The standard InChI is InChI=1S/C15H30N2/c1-4-6-7-8-9-10-11-12-13-14-16-17-15(3)5-2/h5,16H,2,4,6-14H2,1,3H3. The van der Waals surface area contributed by atoms with Crippen molar-refractivity contribution in [2.24, 2.45) is 5.10 Å². The SMILES string of the molecule is C=CC(C)=NNCCCCCCCCCCC. The van der Waals surface area contributed by atoms with E-state index in [1.165, 1.54) is 57.8 Å². The summed E-state index contributed by atoms with van der Waals surface area (Å²) in [4.78, 5) is 0. The van der Waals surface area contributed by atoms with Crippen molar-refractivity contribution < 1.29 is 0 Å². The van der Waals surface area contributed by atoms with Crippen molar-refractivity contribution in [2.45, 2.75) is 71.6 Å². The molecule has 1 N–H and O–H groups in total. The summed E-state index contributed by atoms with van der Waals surface area (Å²) >= 11 is 0. The quantitative estimate of drug-likeness (QED) is 0.298. The highest BCUT2D eigenvalue weighted by atomic mass is 15.3. The van der Waals surface area contributed by atoms with Crippen molar-refractivity contribution in [1.29, 1.82) is 0 Å². The summed E-state index contributed by atoms with van der Waals surface area (Å²) in [6.45, 7) is 8.87. The van der Waals surface area contributed by atoms with Crippen LogP contribution in [0.5, 0.6) is 0 Å². The Labute approximate surface area is 108 Å². The normalized spacial score (nSPS) is 11.5. The fourth-order valence-electron chi connectivity index (χ4n) is 1.74. The molecular weight excluding hydrogens is 208 g/mol. The summed E-state index contributed by atoms with van der Waals surface area (Å²) in [6, 6.07) is 0. The topological polar surface area (TPSA) is 24.4 Å². The fourth-order valence-corrected chi connectivity index (χ4v) is 1.74. The summed E-state index contributed by atoms with van der Waals surface area (Å²) < 4.78 is 0. The first kappa shape index (κ1) is 16.2. The predicted molar refractivity (Wildman–Crippen MR) is 78.5 cm³/mol. The van der Waals surface area contributed by atoms with E-state index in [9.17, 15) is 0 Å². The Bertz CT molecular complexity index is 197. The molecule has 0 aliphatic heterocycles. The summed E-state index contributed by atoms with van der Waals surface area (Å²) in [5, 5.41) is 4.16. The molecule has 0 atom stereocenters. The highest BCUT2D eigenvalue weighted by Gasteiger charge is 1.91. The van der Waals surface area contributed by atoms with Gasteiger partial charge in [0, 0.05) is 6.54 Å². The lowest BCUT2D eigenvalue weighted by atomic mass is 10.1. The lowest BCUT2D eigenvalue weighted by Gasteiger charge is -2.02. The van der Waals surface area contributed by atoms with E-state index >= 15 is 0 Å². The molecule has 0 saturated heterocycles. The maximum Gasteiger partial charge on any atom is 0.0566 e. The van der Waals surface area contributed by atoms with Crippen LogP contribution in [-0.4, -0.2) is 12.3 Å². The number of hydrogen-bond donors (Lipinski definition) is 1. The molecule has 0 aliphatic carbocycles. The van der Waals surface area contributed by atoms with Gasteiger partial charge in [0.1, 0.15) is 0 Å². The van der Waals surface area contributed by atoms with Gasteiger partial charge in [0.15, 0.2) is 0 Å². The zero-order chi connectivity index (χ0) is 12.8. The second-order valence-corrected chi connectivity index (χ2v) is 4.69. The van der Waals surface area contributed by atoms with Crippen LogP contribution in [0.3, 0.4) is 0 Å². The minimum Gasteiger partial charge on any atom is -0.310 e. The molecular formula is C15H30N2. The predicted octanol–water partition coefficient (Wildman–Crippen LogP) is 4.67. The first-order valence-electron chi connectivity index (χ1n) is 7.20. The third-order valence-corrected chi connectivity index (χ3v) is 2.94. The van der Waals surface area contributed by atoms with Crippen molar-refractivity contribution in [3.63, 3.8) is 0 Å². The number of unbranched alkanes of at least 4 members (excludes halogenated alkanes) is 8. The molecule has 0 aromatic carbocycles. The van der Waals surface area contributed by atoms with Gasteiger partial charge in [-0.25, -0.2) is 0 Å². The molecule has 0 unspecified atom stereocenters. The van der Waals surface area contributed by atoms with Crippen LogP contribution in [-0.2, 0) is 0 Å². The molecule has 17 heavy (non-hydrogen) atoms. The molecule has 0 rings (SSSR count). The number of hydrogen-bond acceptors (Lipinski definition) is 2. The van der Waals surface area contributed by atoms with Crippen LogP contribution in [0.1, 0.15) is 71.6 Å². The molecule has 2 heteroatoms. The van der Waals surface area contributed by atoms with Gasteiger partial charge >= 0.3 is 0 Å². The van der Waals surface area contributed by atoms with E-state index in [0.29, 0.717) is 0 Å². The van der Waals surface area contributed by atoms with E-state index in [-0.39, 0.29) is 0 Å². The molecule has 0 saturated carbocycles. The van der Waals surface area contributed by atoms with Gasteiger partial charge in [0.2, 0.25) is 0 Å². The Hall–Kier alpha value is -0.790. The molecule has 0 bridgehead atoms. The van der Waals surface area contributed by atoms with Crippen molar-refractivity contribution in [3.8, 4) is 0 Å². The van der Waals surface area contributed by atoms with Gasteiger partial charge in [-0.1, -0.05) is 64.9 Å². The maximum absolute atomic E-state index is 4.16. The van der Waals surface area contributed by atoms with Crippen molar-refractivity contribution in [2.75, 3.05) is 6.54 Å². The number of hydrazone groups is 1. The zero-order valence-corrected chi connectivity index (χ0v) is 11.8. The zero-order valence-electron chi connectivity index (χ0n) is 11.8. The van der Waals surface area contributed by atoms with Gasteiger partial charge in [0.25, 0.3) is 0 Å². The lowest BCUT2D eigenvalue weighted by molar-refractivity contribution is 0.553. The van der Waals surface area contributed by atoms with Gasteiger partial charge in [-0.05, 0) is 19.4 Å². The molecule has 2 nitrogen and oxygen atoms in total. The van der Waals surface area contributed by atoms with Crippen molar-refractivity contribution in [3.05, 3.63) is 12.7 Å². The maximum atomic E-state index is 4.16. The van der Waals surface area contributed by atoms with Crippen LogP contribution >= 0.6 is 0 Å². The van der Waals surface area contributed by atoms with Gasteiger partial charge in [-0.2, -0.15) is 5.10 Å².